The highest BCUT2D eigenvalue weighted by molar-refractivity contribution is 7.15. The van der Waals surface area contributed by atoms with Crippen molar-refractivity contribution in [2.75, 3.05) is 7.11 Å². The van der Waals surface area contributed by atoms with Gasteiger partial charge in [0.1, 0.15) is 6.04 Å². The van der Waals surface area contributed by atoms with Crippen molar-refractivity contribution >= 4 is 17.3 Å². The van der Waals surface area contributed by atoms with E-state index < -0.39 is 12.0 Å². The van der Waals surface area contributed by atoms with Gasteiger partial charge in [0.25, 0.3) is 0 Å². The van der Waals surface area contributed by atoms with Crippen molar-refractivity contribution in [1.82, 2.24) is 0 Å². The van der Waals surface area contributed by atoms with Gasteiger partial charge in [-0.25, -0.2) is 0 Å². The zero-order chi connectivity index (χ0) is 14.5. The van der Waals surface area contributed by atoms with Crippen LogP contribution in [-0.2, 0) is 16.0 Å². The Morgan fingerprint density at radius 1 is 1.35 bits per heavy atom. The van der Waals surface area contributed by atoms with E-state index in [0.717, 1.165) is 15.3 Å². The summed E-state index contributed by atoms with van der Waals surface area (Å²) in [4.78, 5) is 13.4. The maximum Gasteiger partial charge on any atom is 0.323 e. The van der Waals surface area contributed by atoms with E-state index in [1.807, 2.05) is 24.3 Å². The fourth-order valence-electron chi connectivity index (χ4n) is 1.80. The molecule has 1 aromatic carbocycles. The molecule has 0 amide bonds. The van der Waals surface area contributed by atoms with Gasteiger partial charge < -0.3 is 10.5 Å². The lowest BCUT2D eigenvalue weighted by molar-refractivity contribution is -0.142. The summed E-state index contributed by atoms with van der Waals surface area (Å²) in [6.07, 6.45) is 0.466. The third-order valence-corrected chi connectivity index (χ3v) is 4.04. The molecule has 0 bridgehead atoms. The number of hydrogen-bond acceptors (Lipinski definition) is 5. The fraction of sp³-hybridized carbons (Fsp3) is 0.200. The molecule has 0 saturated heterocycles. The Kier molecular flexibility index (Phi) is 4.51. The van der Waals surface area contributed by atoms with E-state index in [2.05, 4.69) is 10.8 Å². The molecular weight excluding hydrogens is 272 g/mol. The molecule has 20 heavy (non-hydrogen) atoms. The number of nitriles is 1. The number of hydrogen-bond donors (Lipinski definition) is 1. The van der Waals surface area contributed by atoms with Gasteiger partial charge >= 0.3 is 5.97 Å². The molecule has 1 aromatic heterocycles. The van der Waals surface area contributed by atoms with Crippen molar-refractivity contribution in [3.8, 4) is 16.5 Å². The van der Waals surface area contributed by atoms with Crippen LogP contribution in [0.5, 0.6) is 0 Å². The van der Waals surface area contributed by atoms with Crippen molar-refractivity contribution < 1.29 is 9.53 Å². The Morgan fingerprint density at radius 2 is 2.05 bits per heavy atom. The van der Waals surface area contributed by atoms with E-state index in [-0.39, 0.29) is 0 Å². The average molecular weight is 286 g/mol. The molecule has 1 heterocycles. The number of nitrogens with zero attached hydrogens (tertiary/aromatic N) is 1. The number of carbonyl (C=O) groups excluding carboxylic acids is 1. The van der Waals surface area contributed by atoms with Crippen LogP contribution in [0.15, 0.2) is 36.4 Å². The maximum atomic E-state index is 11.3. The first-order valence-electron chi connectivity index (χ1n) is 6.06. The molecule has 0 aliphatic rings. The van der Waals surface area contributed by atoms with Crippen LogP contribution in [0, 0.1) is 11.3 Å². The number of rotatable bonds is 4. The third-order valence-electron chi connectivity index (χ3n) is 2.89. The molecule has 102 valence electrons. The summed E-state index contributed by atoms with van der Waals surface area (Å²) in [5.41, 5.74) is 7.43. The van der Waals surface area contributed by atoms with Crippen molar-refractivity contribution in [3.05, 3.63) is 46.8 Å². The number of methoxy groups -OCH3 is 1. The van der Waals surface area contributed by atoms with Gasteiger partial charge in [-0.2, -0.15) is 5.26 Å². The molecule has 2 N–H and O–H groups in total. The van der Waals surface area contributed by atoms with Gasteiger partial charge in [-0.1, -0.05) is 12.1 Å². The normalized spacial score (nSPS) is 11.7. The molecule has 0 aliphatic carbocycles. The standard InChI is InChI=1S/C15H14N2O2S/c1-19-15(18)13(17)8-12-6-7-14(20-12)11-4-2-10(9-16)3-5-11/h2-7,13H,8,17H2,1H3/t13-/m0/s1. The topological polar surface area (TPSA) is 76.1 Å². The molecule has 0 radical (unpaired) electrons. The number of thiophene rings is 1. The summed E-state index contributed by atoms with van der Waals surface area (Å²) < 4.78 is 4.61. The van der Waals surface area contributed by atoms with Crippen LogP contribution in [0.1, 0.15) is 10.4 Å². The van der Waals surface area contributed by atoms with E-state index in [9.17, 15) is 4.79 Å². The number of ether oxygens (including phenoxy) is 1. The number of nitrogens with two attached hydrogens (primary N) is 1. The highest BCUT2D eigenvalue weighted by Gasteiger charge is 2.15. The van der Waals surface area contributed by atoms with E-state index in [0.29, 0.717) is 12.0 Å². The number of esters is 1. The molecule has 2 aromatic rings. The Morgan fingerprint density at radius 3 is 2.65 bits per heavy atom. The lowest BCUT2D eigenvalue weighted by atomic mass is 10.1. The summed E-state index contributed by atoms with van der Waals surface area (Å²) in [5.74, 6) is -0.404. The minimum atomic E-state index is -0.632. The molecule has 0 unspecified atom stereocenters. The summed E-state index contributed by atoms with van der Waals surface area (Å²) in [6, 6.07) is 12.8. The van der Waals surface area contributed by atoms with Gasteiger partial charge in [0.2, 0.25) is 0 Å². The van der Waals surface area contributed by atoms with Crippen LogP contribution >= 0.6 is 11.3 Å². The van der Waals surface area contributed by atoms with E-state index in [1.54, 1.807) is 23.5 Å². The number of benzene rings is 1. The van der Waals surface area contributed by atoms with Crippen molar-refractivity contribution in [3.63, 3.8) is 0 Å². The Balaban J connectivity index is 2.12. The molecular formula is C15H14N2O2S. The molecule has 0 fully saturated rings. The monoisotopic (exact) mass is 286 g/mol. The quantitative estimate of drug-likeness (QED) is 0.875. The largest absolute Gasteiger partial charge is 0.468 e. The van der Waals surface area contributed by atoms with Crippen LogP contribution in [-0.4, -0.2) is 19.1 Å². The van der Waals surface area contributed by atoms with E-state index in [1.165, 1.54) is 7.11 Å². The minimum absolute atomic E-state index is 0.404. The van der Waals surface area contributed by atoms with Crippen molar-refractivity contribution in [1.29, 1.82) is 5.26 Å². The van der Waals surface area contributed by atoms with E-state index in [4.69, 9.17) is 11.0 Å². The van der Waals surface area contributed by atoms with Gasteiger partial charge in [-0.3, -0.25) is 4.79 Å². The summed E-state index contributed by atoms with van der Waals surface area (Å²) in [5, 5.41) is 8.77. The molecule has 0 spiro atoms. The molecule has 0 saturated carbocycles. The lowest BCUT2D eigenvalue weighted by Gasteiger charge is -2.06. The summed E-state index contributed by atoms with van der Waals surface area (Å²) in [6.45, 7) is 0. The molecule has 0 aliphatic heterocycles. The minimum Gasteiger partial charge on any atom is -0.468 e. The second kappa shape index (κ2) is 6.33. The van der Waals surface area contributed by atoms with Gasteiger partial charge in [0.05, 0.1) is 18.7 Å². The zero-order valence-corrected chi connectivity index (χ0v) is 11.8. The van der Waals surface area contributed by atoms with Gasteiger partial charge in [0.15, 0.2) is 0 Å². The Labute approximate surface area is 121 Å². The predicted octanol–water partition coefficient (Wildman–Crippen LogP) is 2.33. The lowest BCUT2D eigenvalue weighted by Crippen LogP contribution is -2.33. The maximum absolute atomic E-state index is 11.3. The van der Waals surface area contributed by atoms with Gasteiger partial charge in [0, 0.05) is 16.2 Å². The second-order valence-corrected chi connectivity index (χ2v) is 5.46. The van der Waals surface area contributed by atoms with Crippen LogP contribution in [0.2, 0.25) is 0 Å². The Hall–Kier alpha value is -2.16. The molecule has 2 rings (SSSR count). The van der Waals surface area contributed by atoms with Gasteiger partial charge in [-0.15, -0.1) is 11.3 Å². The first kappa shape index (κ1) is 14.3. The first-order valence-corrected chi connectivity index (χ1v) is 6.88. The summed E-state index contributed by atoms with van der Waals surface area (Å²) >= 11 is 1.58. The van der Waals surface area contributed by atoms with Crippen LogP contribution < -0.4 is 5.73 Å². The fourth-order valence-corrected chi connectivity index (χ4v) is 2.87. The highest BCUT2D eigenvalue weighted by Crippen LogP contribution is 2.28. The third kappa shape index (κ3) is 3.23. The SMILES string of the molecule is COC(=O)[C@@H](N)Cc1ccc(-c2ccc(C#N)cc2)s1. The molecule has 5 heteroatoms. The van der Waals surface area contributed by atoms with Crippen LogP contribution in [0.4, 0.5) is 0 Å². The zero-order valence-electron chi connectivity index (χ0n) is 11.0. The average Bonchev–Trinajstić information content (AvgIpc) is 2.94. The predicted molar refractivity (Wildman–Crippen MR) is 78.2 cm³/mol. The Bertz CT molecular complexity index is 641. The second-order valence-electron chi connectivity index (χ2n) is 4.29. The molecule has 1 atom stereocenters. The highest BCUT2D eigenvalue weighted by atomic mass is 32.1. The number of carbonyl (C=O) groups is 1. The first-order chi connectivity index (χ1) is 9.63. The smallest absolute Gasteiger partial charge is 0.323 e. The molecule has 4 nitrogen and oxygen atoms in total. The van der Waals surface area contributed by atoms with E-state index >= 15 is 0 Å². The summed E-state index contributed by atoms with van der Waals surface area (Å²) in [7, 11) is 1.33. The van der Waals surface area contributed by atoms with Crippen LogP contribution in [0.25, 0.3) is 10.4 Å². The van der Waals surface area contributed by atoms with Crippen LogP contribution in [0.3, 0.4) is 0 Å². The van der Waals surface area contributed by atoms with Crippen molar-refractivity contribution in [2.45, 2.75) is 12.5 Å². The van der Waals surface area contributed by atoms with Crippen molar-refractivity contribution in [2.24, 2.45) is 5.73 Å². The van der Waals surface area contributed by atoms with Gasteiger partial charge in [-0.05, 0) is 29.8 Å².